The van der Waals surface area contributed by atoms with Crippen LogP contribution in [-0.2, 0) is 0 Å². The number of nitro groups is 1. The van der Waals surface area contributed by atoms with Gasteiger partial charge in [-0.05, 0) is 69.1 Å². The second kappa shape index (κ2) is 6.27. The second-order valence-corrected chi connectivity index (χ2v) is 6.10. The van der Waals surface area contributed by atoms with Crippen LogP contribution in [0.1, 0.15) is 0 Å². The number of hydrogen-bond donors (Lipinski definition) is 0. The molecule has 3 rings (SSSR count). The number of nitro benzene ring substituents is 1. The van der Waals surface area contributed by atoms with Gasteiger partial charge in [0.1, 0.15) is 0 Å². The van der Waals surface area contributed by atoms with Gasteiger partial charge in [0.15, 0.2) is 0 Å². The number of nitrogens with zero attached hydrogens (tertiary/aromatic N) is 1. The van der Waals surface area contributed by atoms with E-state index in [2.05, 4.69) is 52.9 Å². The Morgan fingerprint density at radius 3 is 1.64 bits per heavy atom. The maximum Gasteiger partial charge on any atom is 0.269 e. The van der Waals surface area contributed by atoms with Crippen LogP contribution >= 0.6 is 22.6 Å². The number of halogens is 1. The number of rotatable bonds is 3. The SMILES string of the molecule is O=[N+]([O-])c1ccc(-c2ccccc2-c2ccc(I)cc2)cc1. The maximum absolute atomic E-state index is 10.8. The third-order valence-electron chi connectivity index (χ3n) is 3.47. The molecule has 0 saturated heterocycles. The molecule has 4 heteroatoms. The molecule has 3 aromatic carbocycles. The molecule has 0 spiro atoms. The van der Waals surface area contributed by atoms with E-state index in [0.29, 0.717) is 0 Å². The Kier molecular flexibility index (Phi) is 4.20. The van der Waals surface area contributed by atoms with Crippen molar-refractivity contribution >= 4 is 28.3 Å². The van der Waals surface area contributed by atoms with Gasteiger partial charge in [0.05, 0.1) is 4.92 Å². The highest BCUT2D eigenvalue weighted by Gasteiger charge is 2.09. The van der Waals surface area contributed by atoms with Gasteiger partial charge in [-0.3, -0.25) is 10.1 Å². The van der Waals surface area contributed by atoms with E-state index in [0.717, 1.165) is 22.3 Å². The lowest BCUT2D eigenvalue weighted by Crippen LogP contribution is -1.88. The first-order chi connectivity index (χ1) is 10.6. The van der Waals surface area contributed by atoms with Crippen LogP contribution in [-0.4, -0.2) is 4.92 Å². The molecule has 0 heterocycles. The fourth-order valence-corrected chi connectivity index (χ4v) is 2.74. The first-order valence-electron chi connectivity index (χ1n) is 6.75. The van der Waals surface area contributed by atoms with Gasteiger partial charge in [0, 0.05) is 15.7 Å². The highest BCUT2D eigenvalue weighted by molar-refractivity contribution is 14.1. The lowest BCUT2D eigenvalue weighted by atomic mass is 9.94. The number of hydrogen-bond acceptors (Lipinski definition) is 2. The van der Waals surface area contributed by atoms with E-state index >= 15 is 0 Å². The summed E-state index contributed by atoms with van der Waals surface area (Å²) in [7, 11) is 0. The summed E-state index contributed by atoms with van der Waals surface area (Å²) in [5.74, 6) is 0. The first-order valence-corrected chi connectivity index (χ1v) is 7.83. The van der Waals surface area contributed by atoms with E-state index in [-0.39, 0.29) is 10.6 Å². The van der Waals surface area contributed by atoms with Crippen LogP contribution in [0.5, 0.6) is 0 Å². The van der Waals surface area contributed by atoms with Gasteiger partial charge in [-0.1, -0.05) is 36.4 Å². The molecule has 0 atom stereocenters. The van der Waals surface area contributed by atoms with Gasteiger partial charge in [0.2, 0.25) is 0 Å². The van der Waals surface area contributed by atoms with E-state index in [1.54, 1.807) is 24.3 Å². The van der Waals surface area contributed by atoms with E-state index in [1.807, 2.05) is 18.2 Å². The van der Waals surface area contributed by atoms with Crippen LogP contribution in [0.3, 0.4) is 0 Å². The molecule has 0 aromatic heterocycles. The van der Waals surface area contributed by atoms with Crippen molar-refractivity contribution in [1.82, 2.24) is 0 Å². The molecule has 0 amide bonds. The minimum Gasteiger partial charge on any atom is -0.258 e. The minimum atomic E-state index is -0.380. The van der Waals surface area contributed by atoms with Crippen molar-refractivity contribution in [3.8, 4) is 22.3 Å². The molecular weight excluding hydrogens is 389 g/mol. The summed E-state index contributed by atoms with van der Waals surface area (Å²) in [6.07, 6.45) is 0. The molecule has 3 nitrogen and oxygen atoms in total. The zero-order valence-electron chi connectivity index (χ0n) is 11.6. The average molecular weight is 401 g/mol. The molecule has 22 heavy (non-hydrogen) atoms. The third-order valence-corrected chi connectivity index (χ3v) is 4.19. The Labute approximate surface area is 141 Å². The Bertz CT molecular complexity index is 811. The predicted octanol–water partition coefficient (Wildman–Crippen LogP) is 5.53. The van der Waals surface area contributed by atoms with Gasteiger partial charge in [-0.2, -0.15) is 0 Å². The molecule has 0 unspecified atom stereocenters. The third kappa shape index (κ3) is 3.01. The molecule has 0 fully saturated rings. The van der Waals surface area contributed by atoms with Crippen molar-refractivity contribution < 1.29 is 4.92 Å². The number of non-ortho nitro benzene ring substituents is 1. The second-order valence-electron chi connectivity index (χ2n) is 4.86. The molecule has 0 N–H and O–H groups in total. The molecule has 3 aromatic rings. The molecule has 0 aliphatic carbocycles. The molecule has 108 valence electrons. The minimum absolute atomic E-state index is 0.107. The quantitative estimate of drug-likeness (QED) is 0.329. The smallest absolute Gasteiger partial charge is 0.258 e. The summed E-state index contributed by atoms with van der Waals surface area (Å²) in [5, 5.41) is 10.8. The predicted molar refractivity (Wildman–Crippen MR) is 96.7 cm³/mol. The van der Waals surface area contributed by atoms with Crippen LogP contribution in [0.2, 0.25) is 0 Å². The van der Waals surface area contributed by atoms with E-state index in [9.17, 15) is 10.1 Å². The van der Waals surface area contributed by atoms with E-state index in [1.165, 1.54) is 3.57 Å². The van der Waals surface area contributed by atoms with Gasteiger partial charge in [0.25, 0.3) is 5.69 Å². The Morgan fingerprint density at radius 1 is 0.727 bits per heavy atom. The Morgan fingerprint density at radius 2 is 1.18 bits per heavy atom. The monoisotopic (exact) mass is 401 g/mol. The van der Waals surface area contributed by atoms with Gasteiger partial charge >= 0.3 is 0 Å². The Balaban J connectivity index is 2.08. The standard InChI is InChI=1S/C18H12INO2/c19-15-9-5-13(6-10-15)17-3-1-2-4-18(17)14-7-11-16(12-8-14)20(21)22/h1-12H. The fourth-order valence-electron chi connectivity index (χ4n) is 2.38. The topological polar surface area (TPSA) is 43.1 Å². The average Bonchev–Trinajstić information content (AvgIpc) is 2.56. The van der Waals surface area contributed by atoms with Crippen LogP contribution < -0.4 is 0 Å². The summed E-state index contributed by atoms with van der Waals surface area (Å²) in [6.45, 7) is 0. The van der Waals surface area contributed by atoms with Crippen molar-refractivity contribution in [1.29, 1.82) is 0 Å². The number of benzene rings is 3. The molecule has 0 aliphatic heterocycles. The summed E-state index contributed by atoms with van der Waals surface area (Å²) in [4.78, 5) is 10.4. The first kappa shape index (κ1) is 14.7. The lowest BCUT2D eigenvalue weighted by Gasteiger charge is -2.10. The lowest BCUT2D eigenvalue weighted by molar-refractivity contribution is -0.384. The van der Waals surface area contributed by atoms with Crippen molar-refractivity contribution in [3.63, 3.8) is 0 Å². The maximum atomic E-state index is 10.8. The van der Waals surface area contributed by atoms with Gasteiger partial charge in [-0.25, -0.2) is 0 Å². The van der Waals surface area contributed by atoms with Crippen molar-refractivity contribution in [2.24, 2.45) is 0 Å². The highest BCUT2D eigenvalue weighted by atomic mass is 127. The van der Waals surface area contributed by atoms with Crippen LogP contribution in [0.4, 0.5) is 5.69 Å². The normalized spacial score (nSPS) is 10.4. The van der Waals surface area contributed by atoms with Crippen LogP contribution in [0.15, 0.2) is 72.8 Å². The van der Waals surface area contributed by atoms with Crippen LogP contribution in [0.25, 0.3) is 22.3 Å². The fraction of sp³-hybridized carbons (Fsp3) is 0. The summed E-state index contributed by atoms with van der Waals surface area (Å²) in [5.41, 5.74) is 4.40. The largest absolute Gasteiger partial charge is 0.269 e. The molecule has 0 radical (unpaired) electrons. The zero-order valence-corrected chi connectivity index (χ0v) is 13.7. The molecule has 0 saturated carbocycles. The molecular formula is C18H12INO2. The zero-order chi connectivity index (χ0) is 15.5. The summed E-state index contributed by atoms with van der Waals surface area (Å²) in [6, 6.07) is 23.1. The van der Waals surface area contributed by atoms with Gasteiger partial charge < -0.3 is 0 Å². The molecule has 0 aliphatic rings. The highest BCUT2D eigenvalue weighted by Crippen LogP contribution is 2.33. The Hall–Kier alpha value is -2.21. The van der Waals surface area contributed by atoms with Crippen molar-refractivity contribution in [2.75, 3.05) is 0 Å². The van der Waals surface area contributed by atoms with E-state index < -0.39 is 0 Å². The van der Waals surface area contributed by atoms with E-state index in [4.69, 9.17) is 0 Å². The summed E-state index contributed by atoms with van der Waals surface area (Å²) >= 11 is 2.28. The van der Waals surface area contributed by atoms with Crippen molar-refractivity contribution in [3.05, 3.63) is 86.5 Å². The van der Waals surface area contributed by atoms with Crippen molar-refractivity contribution in [2.45, 2.75) is 0 Å². The molecule has 0 bridgehead atoms. The van der Waals surface area contributed by atoms with Crippen LogP contribution in [0, 0.1) is 13.7 Å². The van der Waals surface area contributed by atoms with Gasteiger partial charge in [-0.15, -0.1) is 0 Å². The summed E-state index contributed by atoms with van der Waals surface area (Å²) < 4.78 is 1.19.